The van der Waals surface area contributed by atoms with Gasteiger partial charge in [-0.15, -0.1) is 0 Å². The molecule has 0 aliphatic carbocycles. The molecule has 0 unspecified atom stereocenters. The van der Waals surface area contributed by atoms with E-state index in [1.54, 1.807) is 25.1 Å². The van der Waals surface area contributed by atoms with E-state index in [1.807, 2.05) is 0 Å². The molecule has 0 bridgehead atoms. The Labute approximate surface area is 180 Å². The summed E-state index contributed by atoms with van der Waals surface area (Å²) in [5.74, 6) is -0.176. The van der Waals surface area contributed by atoms with Gasteiger partial charge in [-0.3, -0.25) is 4.98 Å². The van der Waals surface area contributed by atoms with Crippen LogP contribution in [0, 0.1) is 6.92 Å². The fourth-order valence-electron chi connectivity index (χ4n) is 2.48. The van der Waals surface area contributed by atoms with E-state index in [0.29, 0.717) is 32.4 Å². The summed E-state index contributed by atoms with van der Waals surface area (Å²) in [6.07, 6.45) is 2.85. The van der Waals surface area contributed by atoms with Gasteiger partial charge in [0, 0.05) is 23.0 Å². The van der Waals surface area contributed by atoms with Crippen LogP contribution in [0.4, 0.5) is 0 Å². The Morgan fingerprint density at radius 2 is 1.64 bits per heavy atom. The normalized spacial score (nSPS) is 14.5. The van der Waals surface area contributed by atoms with Crippen LogP contribution in [-0.4, -0.2) is 34.1 Å². The van der Waals surface area contributed by atoms with Gasteiger partial charge in [-0.2, -0.15) is 0 Å². The van der Waals surface area contributed by atoms with Crippen molar-refractivity contribution in [2.24, 2.45) is 0 Å². The van der Waals surface area contributed by atoms with Crippen LogP contribution in [0.1, 0.15) is 13.8 Å². The van der Waals surface area contributed by atoms with Crippen LogP contribution in [0.25, 0.3) is 21.8 Å². The minimum Gasteiger partial charge on any atom is -0.504 e. The maximum Gasteiger partial charge on any atom is 0.161 e. The molecule has 0 atom stereocenters. The van der Waals surface area contributed by atoms with E-state index < -0.39 is 14.1 Å². The first-order chi connectivity index (χ1) is 15.7. The molecule has 0 radical (unpaired) electrons. The van der Waals surface area contributed by atoms with Crippen molar-refractivity contribution in [1.82, 2.24) is 15.0 Å². The van der Waals surface area contributed by atoms with E-state index in [4.69, 9.17) is 36.2 Å². The number of benzene rings is 2. The molecule has 2 aromatic heterocycles. The molecule has 6 nitrogen and oxygen atoms in total. The largest absolute Gasteiger partial charge is 0.504 e. The van der Waals surface area contributed by atoms with Crippen molar-refractivity contribution >= 4 is 45.0 Å². The summed E-state index contributed by atoms with van der Waals surface area (Å²) >= 11 is 11.8. The molecule has 0 fully saturated rings. The average Bonchev–Trinajstić information content (AvgIpc) is 2.69. The van der Waals surface area contributed by atoms with Crippen molar-refractivity contribution in [3.63, 3.8) is 0 Å². The second-order valence-corrected chi connectivity index (χ2v) is 6.40. The van der Waals surface area contributed by atoms with Crippen LogP contribution in [0.15, 0.2) is 42.9 Å². The number of hydrogen-bond donors (Lipinski definition) is 1. The van der Waals surface area contributed by atoms with Crippen molar-refractivity contribution in [3.8, 4) is 17.2 Å². The number of ether oxygens (including phenoxy) is 2. The SMILES string of the molecule is [2H]C([2H])([2H])Oc1cc2c(Cl)ccnc2cc1O.[2H]C([2H])([2H])Oc1cc2c(Cl)ncnc2cc1C. The van der Waals surface area contributed by atoms with E-state index in [1.165, 1.54) is 24.7 Å². The number of pyridine rings is 1. The highest BCUT2D eigenvalue weighted by Crippen LogP contribution is 2.33. The minimum atomic E-state index is -2.63. The maximum atomic E-state index is 9.60. The molecule has 0 saturated heterocycles. The highest BCUT2D eigenvalue weighted by molar-refractivity contribution is 6.35. The number of fused-ring (bicyclic) bond motifs is 2. The average molecular weight is 424 g/mol. The van der Waals surface area contributed by atoms with Gasteiger partial charge in [0.1, 0.15) is 17.2 Å². The van der Waals surface area contributed by atoms with Crippen LogP contribution in [0.2, 0.25) is 10.2 Å². The molecule has 0 aliphatic heterocycles. The highest BCUT2D eigenvalue weighted by Gasteiger charge is 2.07. The van der Waals surface area contributed by atoms with E-state index in [9.17, 15) is 5.11 Å². The summed E-state index contributed by atoms with van der Waals surface area (Å²) in [6.45, 7) is 1.75. The molecule has 0 aliphatic rings. The highest BCUT2D eigenvalue weighted by atomic mass is 35.5. The van der Waals surface area contributed by atoms with Gasteiger partial charge >= 0.3 is 0 Å². The second kappa shape index (κ2) is 8.46. The van der Waals surface area contributed by atoms with Crippen LogP contribution in [0.5, 0.6) is 17.2 Å². The number of halogens is 2. The van der Waals surface area contributed by atoms with Crippen molar-refractivity contribution in [2.45, 2.75) is 6.92 Å². The Morgan fingerprint density at radius 3 is 2.43 bits per heavy atom. The van der Waals surface area contributed by atoms with Gasteiger partial charge in [0.15, 0.2) is 11.5 Å². The number of phenolic OH excluding ortho intramolecular Hbond substituents is 1. The third kappa shape index (κ3) is 4.03. The van der Waals surface area contributed by atoms with Crippen molar-refractivity contribution in [1.29, 1.82) is 0 Å². The van der Waals surface area contributed by atoms with Crippen LogP contribution in [-0.2, 0) is 0 Å². The zero-order valence-corrected chi connectivity index (χ0v) is 15.9. The number of methoxy groups -OCH3 is 2. The number of hydrogen-bond acceptors (Lipinski definition) is 6. The van der Waals surface area contributed by atoms with Gasteiger partial charge in [0.05, 0.1) is 38.4 Å². The van der Waals surface area contributed by atoms with Crippen molar-refractivity contribution < 1.29 is 22.8 Å². The predicted octanol–water partition coefficient (Wildman–Crippen LogP) is 5.20. The Bertz CT molecular complexity index is 1250. The Morgan fingerprint density at radius 1 is 0.929 bits per heavy atom. The lowest BCUT2D eigenvalue weighted by molar-refractivity contribution is 0.374. The molecule has 2 heterocycles. The lowest BCUT2D eigenvalue weighted by atomic mass is 10.1. The van der Waals surface area contributed by atoms with Crippen LogP contribution in [0.3, 0.4) is 0 Å². The number of phenols is 1. The first-order valence-corrected chi connectivity index (χ1v) is 8.55. The molecule has 0 amide bonds. The second-order valence-electron chi connectivity index (χ2n) is 5.63. The summed E-state index contributed by atoms with van der Waals surface area (Å²) in [5.41, 5.74) is 1.80. The molecule has 1 N–H and O–H groups in total. The summed E-state index contributed by atoms with van der Waals surface area (Å²) in [5, 5.41) is 11.4. The summed E-state index contributed by atoms with van der Waals surface area (Å²) < 4.78 is 51.7. The van der Waals surface area contributed by atoms with Crippen LogP contribution < -0.4 is 9.47 Å². The molecule has 8 heteroatoms. The van der Waals surface area contributed by atoms with Gasteiger partial charge < -0.3 is 14.6 Å². The van der Waals surface area contributed by atoms with Crippen molar-refractivity contribution in [3.05, 3.63) is 58.6 Å². The number of rotatable bonds is 2. The van der Waals surface area contributed by atoms with E-state index in [2.05, 4.69) is 19.7 Å². The standard InChI is InChI=1S/C10H9ClN2O.C10H8ClNO2/c1-6-3-8-7(4-9(6)14-2)10(11)13-5-12-8;1-14-10-4-6-7(11)2-3-12-8(6)5-9(10)13/h3-5H,1-2H3;2-5,13H,1H3/i2D3;1D3. The molecule has 4 rings (SSSR count). The predicted molar refractivity (Wildman–Crippen MR) is 111 cm³/mol. The molecule has 0 saturated carbocycles. The molecule has 144 valence electrons. The molecule has 4 aromatic rings. The summed E-state index contributed by atoms with van der Waals surface area (Å²) in [7, 11) is -5.11. The topological polar surface area (TPSA) is 77.4 Å². The maximum absolute atomic E-state index is 9.60. The summed E-state index contributed by atoms with van der Waals surface area (Å²) in [4.78, 5) is 11.9. The number of aromatic hydroxyl groups is 1. The zero-order valence-electron chi connectivity index (χ0n) is 20.4. The quantitative estimate of drug-likeness (QED) is 0.446. The van der Waals surface area contributed by atoms with Gasteiger partial charge in [0.25, 0.3) is 0 Å². The lowest BCUT2D eigenvalue weighted by Gasteiger charge is -2.06. The van der Waals surface area contributed by atoms with Crippen LogP contribution >= 0.6 is 23.2 Å². The summed E-state index contributed by atoms with van der Waals surface area (Å²) in [6, 6.07) is 7.48. The van der Waals surface area contributed by atoms with Gasteiger partial charge in [0.2, 0.25) is 0 Å². The Balaban J connectivity index is 0.000000191. The third-order valence-electron chi connectivity index (χ3n) is 3.87. The smallest absolute Gasteiger partial charge is 0.161 e. The number of aryl methyl sites for hydroxylation is 1. The molecular weight excluding hydrogens is 401 g/mol. The van der Waals surface area contributed by atoms with Gasteiger partial charge in [-0.05, 0) is 36.8 Å². The Kier molecular flexibility index (Phi) is 4.04. The number of nitrogens with zero attached hydrogens (tertiary/aromatic N) is 3. The number of aromatic nitrogens is 3. The zero-order chi connectivity index (χ0) is 25.3. The van der Waals surface area contributed by atoms with Gasteiger partial charge in [-0.25, -0.2) is 9.97 Å². The third-order valence-corrected chi connectivity index (χ3v) is 4.50. The lowest BCUT2D eigenvalue weighted by Crippen LogP contribution is -1.90. The monoisotopic (exact) mass is 423 g/mol. The van der Waals surface area contributed by atoms with E-state index >= 15 is 0 Å². The first kappa shape index (κ1) is 13.4. The van der Waals surface area contributed by atoms with E-state index in [-0.39, 0.29) is 22.4 Å². The molecule has 2 aromatic carbocycles. The fraction of sp³-hybridized carbons (Fsp3) is 0.150. The fourth-order valence-corrected chi connectivity index (χ4v) is 2.88. The molecular formula is C20H17Cl2N3O3. The minimum absolute atomic E-state index is 0.146. The van der Waals surface area contributed by atoms with Crippen molar-refractivity contribution in [2.75, 3.05) is 14.1 Å². The molecule has 0 spiro atoms. The van der Waals surface area contributed by atoms with Gasteiger partial charge in [-0.1, -0.05) is 23.2 Å². The Hall–Kier alpha value is -2.83. The molecule has 28 heavy (non-hydrogen) atoms. The van der Waals surface area contributed by atoms with E-state index in [0.717, 1.165) is 0 Å². The first-order valence-electron chi connectivity index (χ1n) is 10.8.